The zero-order valence-corrected chi connectivity index (χ0v) is 10.7. The van der Waals surface area contributed by atoms with Crippen LogP contribution in [0.15, 0.2) is 0 Å². The molecule has 2 aliphatic carbocycles. The number of hydrogen-bond donors (Lipinski definition) is 2. The van der Waals surface area contributed by atoms with Gasteiger partial charge in [-0.15, -0.1) is 0 Å². The predicted molar refractivity (Wildman–Crippen MR) is 66.2 cm³/mol. The SMILES string of the molecule is CC(CC(C)(N)CO)N(CC1CC1)C1CC1. The molecule has 2 atom stereocenters. The average molecular weight is 226 g/mol. The van der Waals surface area contributed by atoms with E-state index in [1.165, 1.54) is 32.2 Å². The van der Waals surface area contributed by atoms with Crippen molar-refractivity contribution in [2.75, 3.05) is 13.2 Å². The lowest BCUT2D eigenvalue weighted by atomic mass is 9.95. The van der Waals surface area contributed by atoms with Crippen LogP contribution in [0.1, 0.15) is 46.0 Å². The normalized spacial score (nSPS) is 26.8. The van der Waals surface area contributed by atoms with Crippen LogP contribution in [0.3, 0.4) is 0 Å². The monoisotopic (exact) mass is 226 g/mol. The maximum Gasteiger partial charge on any atom is 0.0609 e. The second-order valence-corrected chi connectivity index (χ2v) is 6.24. The van der Waals surface area contributed by atoms with Gasteiger partial charge < -0.3 is 10.8 Å². The lowest BCUT2D eigenvalue weighted by Gasteiger charge is -2.34. The molecule has 0 spiro atoms. The van der Waals surface area contributed by atoms with Crippen LogP contribution in [0.4, 0.5) is 0 Å². The van der Waals surface area contributed by atoms with Crippen LogP contribution in [0.2, 0.25) is 0 Å². The van der Waals surface area contributed by atoms with Crippen LogP contribution in [-0.2, 0) is 0 Å². The molecule has 0 bridgehead atoms. The van der Waals surface area contributed by atoms with Crippen molar-refractivity contribution in [1.82, 2.24) is 4.90 Å². The van der Waals surface area contributed by atoms with E-state index in [1.807, 2.05) is 6.92 Å². The lowest BCUT2D eigenvalue weighted by molar-refractivity contribution is 0.127. The van der Waals surface area contributed by atoms with E-state index in [0.29, 0.717) is 6.04 Å². The number of rotatable bonds is 7. The molecule has 94 valence electrons. The van der Waals surface area contributed by atoms with E-state index < -0.39 is 5.54 Å². The molecular formula is C13H26N2O. The van der Waals surface area contributed by atoms with Crippen molar-refractivity contribution in [3.63, 3.8) is 0 Å². The third-order valence-electron chi connectivity index (χ3n) is 3.87. The summed E-state index contributed by atoms with van der Waals surface area (Å²) in [6.07, 6.45) is 6.44. The highest BCUT2D eigenvalue weighted by atomic mass is 16.3. The van der Waals surface area contributed by atoms with Gasteiger partial charge in [0.1, 0.15) is 0 Å². The second-order valence-electron chi connectivity index (χ2n) is 6.24. The molecule has 2 aliphatic rings. The number of nitrogens with zero attached hydrogens (tertiary/aromatic N) is 1. The van der Waals surface area contributed by atoms with Crippen LogP contribution < -0.4 is 5.73 Å². The molecule has 2 saturated carbocycles. The zero-order chi connectivity index (χ0) is 11.8. The molecule has 0 heterocycles. The number of aliphatic hydroxyl groups excluding tert-OH is 1. The van der Waals surface area contributed by atoms with E-state index in [-0.39, 0.29) is 6.61 Å². The molecule has 3 heteroatoms. The quantitative estimate of drug-likeness (QED) is 0.689. The van der Waals surface area contributed by atoms with Crippen molar-refractivity contribution in [3.8, 4) is 0 Å². The summed E-state index contributed by atoms with van der Waals surface area (Å²) in [5, 5.41) is 9.23. The summed E-state index contributed by atoms with van der Waals surface area (Å²) in [5.41, 5.74) is 5.62. The van der Waals surface area contributed by atoms with Gasteiger partial charge in [-0.25, -0.2) is 0 Å². The van der Waals surface area contributed by atoms with Crippen molar-refractivity contribution in [3.05, 3.63) is 0 Å². The number of hydrogen-bond acceptors (Lipinski definition) is 3. The Kier molecular flexibility index (Phi) is 3.57. The minimum atomic E-state index is -0.421. The summed E-state index contributed by atoms with van der Waals surface area (Å²) in [6, 6.07) is 1.32. The van der Waals surface area contributed by atoms with Crippen LogP contribution in [-0.4, -0.2) is 40.8 Å². The lowest BCUT2D eigenvalue weighted by Crippen LogP contribution is -2.48. The van der Waals surface area contributed by atoms with Crippen LogP contribution in [0, 0.1) is 5.92 Å². The molecule has 0 aromatic heterocycles. The van der Waals surface area contributed by atoms with E-state index in [2.05, 4.69) is 11.8 Å². The number of nitrogens with two attached hydrogens (primary N) is 1. The van der Waals surface area contributed by atoms with Crippen molar-refractivity contribution in [2.24, 2.45) is 11.7 Å². The van der Waals surface area contributed by atoms with E-state index >= 15 is 0 Å². The molecule has 0 aromatic carbocycles. The molecule has 3 N–H and O–H groups in total. The van der Waals surface area contributed by atoms with Gasteiger partial charge in [0.25, 0.3) is 0 Å². The van der Waals surface area contributed by atoms with Gasteiger partial charge in [-0.05, 0) is 51.9 Å². The summed E-state index contributed by atoms with van der Waals surface area (Å²) in [5.74, 6) is 0.946. The Hall–Kier alpha value is -0.120. The molecular weight excluding hydrogens is 200 g/mol. The molecule has 0 aromatic rings. The van der Waals surface area contributed by atoms with E-state index in [9.17, 15) is 5.11 Å². The average Bonchev–Trinajstić information content (AvgIpc) is 3.06. The summed E-state index contributed by atoms with van der Waals surface area (Å²) >= 11 is 0. The van der Waals surface area contributed by atoms with Crippen LogP contribution in [0.5, 0.6) is 0 Å². The third-order valence-corrected chi connectivity index (χ3v) is 3.87. The van der Waals surface area contributed by atoms with Crippen molar-refractivity contribution < 1.29 is 5.11 Å². The van der Waals surface area contributed by atoms with Gasteiger partial charge in [-0.2, -0.15) is 0 Å². The summed E-state index contributed by atoms with van der Waals surface area (Å²) in [7, 11) is 0. The molecule has 0 saturated heterocycles. The fourth-order valence-electron chi connectivity index (χ4n) is 2.55. The van der Waals surface area contributed by atoms with E-state index in [4.69, 9.17) is 5.73 Å². The molecule has 16 heavy (non-hydrogen) atoms. The molecule has 0 radical (unpaired) electrons. The Morgan fingerprint density at radius 1 is 1.38 bits per heavy atom. The van der Waals surface area contributed by atoms with Gasteiger partial charge in [0.05, 0.1) is 6.61 Å². The van der Waals surface area contributed by atoms with E-state index in [0.717, 1.165) is 18.4 Å². The highest BCUT2D eigenvalue weighted by Crippen LogP contribution is 2.36. The maximum atomic E-state index is 9.23. The first-order valence-electron chi connectivity index (χ1n) is 6.67. The first-order chi connectivity index (χ1) is 7.52. The molecule has 2 rings (SSSR count). The minimum absolute atomic E-state index is 0.0826. The first kappa shape index (κ1) is 12.3. The molecule has 3 nitrogen and oxygen atoms in total. The largest absolute Gasteiger partial charge is 0.394 e. The Morgan fingerprint density at radius 2 is 2.00 bits per heavy atom. The van der Waals surface area contributed by atoms with E-state index in [1.54, 1.807) is 0 Å². The summed E-state index contributed by atoms with van der Waals surface area (Å²) in [6.45, 7) is 5.56. The van der Waals surface area contributed by atoms with Gasteiger partial charge >= 0.3 is 0 Å². The van der Waals surface area contributed by atoms with Crippen LogP contribution in [0.25, 0.3) is 0 Å². The standard InChI is InChI=1S/C13H26N2O/c1-10(7-13(2,14)9-16)15(12-5-6-12)8-11-3-4-11/h10-12,16H,3-9,14H2,1-2H3. The smallest absolute Gasteiger partial charge is 0.0609 e. The van der Waals surface area contributed by atoms with Gasteiger partial charge in [-0.1, -0.05) is 0 Å². The molecule has 0 aliphatic heterocycles. The first-order valence-corrected chi connectivity index (χ1v) is 6.67. The van der Waals surface area contributed by atoms with Crippen molar-refractivity contribution in [1.29, 1.82) is 0 Å². The Balaban J connectivity index is 1.85. The third kappa shape index (κ3) is 3.44. The molecule has 0 amide bonds. The number of aliphatic hydroxyl groups is 1. The molecule has 2 unspecified atom stereocenters. The van der Waals surface area contributed by atoms with Gasteiger partial charge in [-0.3, -0.25) is 4.90 Å². The minimum Gasteiger partial charge on any atom is -0.394 e. The van der Waals surface area contributed by atoms with Gasteiger partial charge in [0, 0.05) is 24.2 Å². The highest BCUT2D eigenvalue weighted by Gasteiger charge is 2.37. The summed E-state index contributed by atoms with van der Waals surface area (Å²) in [4.78, 5) is 2.64. The summed E-state index contributed by atoms with van der Waals surface area (Å²) < 4.78 is 0. The van der Waals surface area contributed by atoms with Crippen molar-refractivity contribution >= 4 is 0 Å². The highest BCUT2D eigenvalue weighted by molar-refractivity contribution is 4.93. The fraction of sp³-hybridized carbons (Fsp3) is 1.00. The fourth-order valence-corrected chi connectivity index (χ4v) is 2.55. The van der Waals surface area contributed by atoms with Gasteiger partial charge in [0.2, 0.25) is 0 Å². The zero-order valence-electron chi connectivity index (χ0n) is 10.7. The van der Waals surface area contributed by atoms with Crippen LogP contribution >= 0.6 is 0 Å². The Morgan fingerprint density at radius 3 is 2.44 bits per heavy atom. The molecule has 2 fully saturated rings. The second kappa shape index (κ2) is 4.63. The predicted octanol–water partition coefficient (Wildman–Crippen LogP) is 1.35. The van der Waals surface area contributed by atoms with Gasteiger partial charge in [0.15, 0.2) is 0 Å². The topological polar surface area (TPSA) is 49.5 Å². The maximum absolute atomic E-state index is 9.23. The Bertz CT molecular complexity index is 234. The van der Waals surface area contributed by atoms with Crippen molar-refractivity contribution in [2.45, 2.75) is 63.6 Å². The Labute approximate surface area is 99.0 Å².